The third-order valence-corrected chi connectivity index (χ3v) is 4.82. The van der Waals surface area contributed by atoms with Gasteiger partial charge in [0.1, 0.15) is 0 Å². The summed E-state index contributed by atoms with van der Waals surface area (Å²) >= 11 is 0. The van der Waals surface area contributed by atoms with Crippen molar-refractivity contribution in [2.24, 2.45) is 0 Å². The van der Waals surface area contributed by atoms with Gasteiger partial charge in [0.05, 0.1) is 0 Å². The van der Waals surface area contributed by atoms with Crippen LogP contribution >= 0.6 is 0 Å². The Morgan fingerprint density at radius 3 is 1.50 bits per heavy atom. The maximum atomic E-state index is 2.33. The van der Waals surface area contributed by atoms with E-state index in [1.54, 1.807) is 0 Å². The van der Waals surface area contributed by atoms with Crippen LogP contribution in [0.1, 0.15) is 69.9 Å². The van der Waals surface area contributed by atoms with Gasteiger partial charge in [-0.3, -0.25) is 0 Å². The Hall–Kier alpha value is -1.56. The fraction of sp³-hybridized carbons (Fsp3) is 0.455. The Labute approximate surface area is 136 Å². The lowest BCUT2D eigenvalue weighted by Gasteiger charge is -2.36. The van der Waals surface area contributed by atoms with Crippen molar-refractivity contribution in [3.63, 3.8) is 0 Å². The fourth-order valence-corrected chi connectivity index (χ4v) is 3.54. The molecule has 0 saturated carbocycles. The van der Waals surface area contributed by atoms with Crippen molar-refractivity contribution < 1.29 is 0 Å². The molecule has 0 radical (unpaired) electrons. The summed E-state index contributed by atoms with van der Waals surface area (Å²) in [6.45, 7) is 4.59. The predicted octanol–water partition coefficient (Wildman–Crippen LogP) is 6.74. The normalized spacial score (nSPS) is 11.5. The Bertz CT molecular complexity index is 473. The van der Waals surface area contributed by atoms with E-state index in [0.29, 0.717) is 0 Å². The SMILES string of the molecule is CCCCCC(CCCC)(c1ccccc1)c1ccccc1. The Morgan fingerprint density at radius 1 is 0.591 bits per heavy atom. The van der Waals surface area contributed by atoms with Gasteiger partial charge in [-0.25, -0.2) is 0 Å². The highest BCUT2D eigenvalue weighted by Crippen LogP contribution is 2.41. The third kappa shape index (κ3) is 4.00. The fourth-order valence-electron chi connectivity index (χ4n) is 3.54. The van der Waals surface area contributed by atoms with Crippen molar-refractivity contribution in [3.8, 4) is 0 Å². The first kappa shape index (κ1) is 16.8. The maximum Gasteiger partial charge on any atom is 0.0202 e. The van der Waals surface area contributed by atoms with E-state index in [1.807, 2.05) is 0 Å². The Kier molecular flexibility index (Phi) is 6.71. The molecule has 0 heterocycles. The summed E-state index contributed by atoms with van der Waals surface area (Å²) < 4.78 is 0. The topological polar surface area (TPSA) is 0 Å². The molecule has 118 valence electrons. The van der Waals surface area contributed by atoms with E-state index in [9.17, 15) is 0 Å². The molecule has 2 rings (SSSR count). The minimum atomic E-state index is 0.188. The Morgan fingerprint density at radius 2 is 1.05 bits per heavy atom. The summed E-state index contributed by atoms with van der Waals surface area (Å²) in [7, 11) is 0. The zero-order valence-corrected chi connectivity index (χ0v) is 14.2. The number of hydrogen-bond donors (Lipinski definition) is 0. The summed E-state index contributed by atoms with van der Waals surface area (Å²) in [5.74, 6) is 0. The molecule has 0 aliphatic carbocycles. The molecular weight excluding hydrogens is 264 g/mol. The monoisotopic (exact) mass is 294 g/mol. The molecule has 2 aromatic carbocycles. The molecule has 0 saturated heterocycles. The molecular formula is C22H30. The van der Waals surface area contributed by atoms with E-state index in [4.69, 9.17) is 0 Å². The minimum absolute atomic E-state index is 0.188. The van der Waals surface area contributed by atoms with Crippen LogP contribution in [-0.2, 0) is 5.41 Å². The molecule has 0 amide bonds. The molecule has 0 nitrogen and oxygen atoms in total. The van der Waals surface area contributed by atoms with Crippen LogP contribution in [0.4, 0.5) is 0 Å². The van der Waals surface area contributed by atoms with Crippen LogP contribution in [0.2, 0.25) is 0 Å². The van der Waals surface area contributed by atoms with Gasteiger partial charge < -0.3 is 0 Å². The summed E-state index contributed by atoms with van der Waals surface area (Å²) in [5.41, 5.74) is 3.17. The summed E-state index contributed by atoms with van der Waals surface area (Å²) in [6.07, 6.45) is 8.98. The smallest absolute Gasteiger partial charge is 0.0202 e. The van der Waals surface area contributed by atoms with Gasteiger partial charge in [0.15, 0.2) is 0 Å². The van der Waals surface area contributed by atoms with Crippen molar-refractivity contribution >= 4 is 0 Å². The zero-order valence-electron chi connectivity index (χ0n) is 14.2. The lowest BCUT2D eigenvalue weighted by molar-refractivity contribution is 0.401. The molecule has 0 atom stereocenters. The molecule has 2 aromatic rings. The van der Waals surface area contributed by atoms with Gasteiger partial charge in [-0.1, -0.05) is 107 Å². The second-order valence-electron chi connectivity index (χ2n) is 6.37. The highest BCUT2D eigenvalue weighted by atomic mass is 14.4. The van der Waals surface area contributed by atoms with Gasteiger partial charge >= 0.3 is 0 Å². The molecule has 0 heteroatoms. The van der Waals surface area contributed by atoms with Gasteiger partial charge in [0.2, 0.25) is 0 Å². The largest absolute Gasteiger partial charge is 0.0654 e. The molecule has 0 spiro atoms. The van der Waals surface area contributed by atoms with E-state index in [0.717, 1.165) is 0 Å². The number of unbranched alkanes of at least 4 members (excludes halogenated alkanes) is 3. The van der Waals surface area contributed by atoms with Crippen LogP contribution < -0.4 is 0 Å². The first-order chi connectivity index (χ1) is 10.8. The summed E-state index contributed by atoms with van der Waals surface area (Å²) in [6, 6.07) is 22.3. The highest BCUT2D eigenvalue weighted by molar-refractivity contribution is 5.39. The van der Waals surface area contributed by atoms with Crippen molar-refractivity contribution in [1.29, 1.82) is 0 Å². The number of rotatable bonds is 9. The van der Waals surface area contributed by atoms with Crippen LogP contribution in [0.3, 0.4) is 0 Å². The molecule has 0 unspecified atom stereocenters. The van der Waals surface area contributed by atoms with Gasteiger partial charge in [0, 0.05) is 5.41 Å². The van der Waals surface area contributed by atoms with Crippen LogP contribution in [0.25, 0.3) is 0 Å². The first-order valence-corrected chi connectivity index (χ1v) is 8.94. The van der Waals surface area contributed by atoms with E-state index in [2.05, 4.69) is 74.5 Å². The van der Waals surface area contributed by atoms with E-state index in [-0.39, 0.29) is 5.41 Å². The van der Waals surface area contributed by atoms with E-state index in [1.165, 1.54) is 56.1 Å². The number of benzene rings is 2. The number of hydrogen-bond acceptors (Lipinski definition) is 0. The third-order valence-electron chi connectivity index (χ3n) is 4.82. The maximum absolute atomic E-state index is 2.33. The average molecular weight is 294 g/mol. The van der Waals surface area contributed by atoms with Crippen LogP contribution in [0.15, 0.2) is 60.7 Å². The van der Waals surface area contributed by atoms with Gasteiger partial charge in [-0.05, 0) is 24.0 Å². The molecule has 0 N–H and O–H groups in total. The highest BCUT2D eigenvalue weighted by Gasteiger charge is 2.32. The summed E-state index contributed by atoms with van der Waals surface area (Å²) in [4.78, 5) is 0. The van der Waals surface area contributed by atoms with Crippen LogP contribution in [-0.4, -0.2) is 0 Å². The summed E-state index contributed by atoms with van der Waals surface area (Å²) in [5, 5.41) is 0. The molecule has 0 bridgehead atoms. The second-order valence-corrected chi connectivity index (χ2v) is 6.37. The van der Waals surface area contributed by atoms with Crippen molar-refractivity contribution in [2.45, 2.75) is 64.2 Å². The van der Waals surface area contributed by atoms with Gasteiger partial charge in [-0.15, -0.1) is 0 Å². The van der Waals surface area contributed by atoms with E-state index >= 15 is 0 Å². The van der Waals surface area contributed by atoms with Crippen molar-refractivity contribution in [2.75, 3.05) is 0 Å². The average Bonchev–Trinajstić information content (AvgIpc) is 2.60. The second kappa shape index (κ2) is 8.78. The predicted molar refractivity (Wildman–Crippen MR) is 97.3 cm³/mol. The first-order valence-electron chi connectivity index (χ1n) is 8.94. The molecule has 22 heavy (non-hydrogen) atoms. The van der Waals surface area contributed by atoms with Crippen LogP contribution in [0, 0.1) is 0 Å². The van der Waals surface area contributed by atoms with Gasteiger partial charge in [-0.2, -0.15) is 0 Å². The van der Waals surface area contributed by atoms with Crippen LogP contribution in [0.5, 0.6) is 0 Å². The lowest BCUT2D eigenvalue weighted by Crippen LogP contribution is -2.28. The lowest BCUT2D eigenvalue weighted by atomic mass is 9.68. The molecule has 0 fully saturated rings. The van der Waals surface area contributed by atoms with E-state index < -0.39 is 0 Å². The molecule has 0 aliphatic heterocycles. The zero-order chi connectivity index (χ0) is 15.7. The molecule has 0 aromatic heterocycles. The molecule has 0 aliphatic rings. The standard InChI is InChI=1S/C22H30/c1-3-5-13-19-22(18-6-4-2,20-14-9-7-10-15-20)21-16-11-8-12-17-21/h7-12,14-17H,3-6,13,18-19H2,1-2H3. The van der Waals surface area contributed by atoms with Crippen molar-refractivity contribution in [3.05, 3.63) is 71.8 Å². The quantitative estimate of drug-likeness (QED) is 0.449. The Balaban J connectivity index is 2.43. The minimum Gasteiger partial charge on any atom is -0.0654 e. The van der Waals surface area contributed by atoms with Crippen molar-refractivity contribution in [1.82, 2.24) is 0 Å². The van der Waals surface area contributed by atoms with Gasteiger partial charge in [0.25, 0.3) is 0 Å².